The summed E-state index contributed by atoms with van der Waals surface area (Å²) in [5, 5.41) is 4.60. The Morgan fingerprint density at radius 2 is 1.65 bits per heavy atom. The van der Waals surface area contributed by atoms with Crippen molar-refractivity contribution in [1.82, 2.24) is 10.2 Å². The van der Waals surface area contributed by atoms with Crippen LogP contribution < -0.4 is 5.32 Å². The summed E-state index contributed by atoms with van der Waals surface area (Å²) in [6, 6.07) is 0.642. The molecule has 1 N–H and O–H groups in total. The number of hydrogen-bond acceptors (Lipinski definition) is 1. The van der Waals surface area contributed by atoms with Crippen LogP contribution in [0.25, 0.3) is 0 Å². The van der Waals surface area contributed by atoms with E-state index in [1.807, 2.05) is 0 Å². The quantitative estimate of drug-likeness (QED) is 0.724. The van der Waals surface area contributed by atoms with E-state index < -0.39 is 0 Å². The molecule has 0 aromatic carbocycles. The Bertz CT molecular complexity index is 251. The number of piperidine rings is 1. The smallest absolute Gasteiger partial charge is 0.169 e. The fraction of sp³-hybridized carbons (Fsp3) is 0.929. The summed E-state index contributed by atoms with van der Waals surface area (Å²) in [5.41, 5.74) is 0. The fourth-order valence-electron chi connectivity index (χ4n) is 3.34. The average molecular weight is 254 g/mol. The van der Waals surface area contributed by atoms with Crippen molar-refractivity contribution in [2.24, 2.45) is 11.8 Å². The Morgan fingerprint density at radius 3 is 2.24 bits per heavy atom. The van der Waals surface area contributed by atoms with Crippen LogP contribution in [0, 0.1) is 11.8 Å². The van der Waals surface area contributed by atoms with Crippen LogP contribution in [-0.4, -0.2) is 29.1 Å². The van der Waals surface area contributed by atoms with Gasteiger partial charge in [-0.3, -0.25) is 0 Å². The van der Waals surface area contributed by atoms with Crippen LogP contribution in [0.15, 0.2) is 0 Å². The van der Waals surface area contributed by atoms with Crippen molar-refractivity contribution in [3.63, 3.8) is 0 Å². The number of rotatable bonds is 1. The molecule has 98 valence electrons. The molecule has 0 aromatic rings. The van der Waals surface area contributed by atoms with Crippen LogP contribution in [0.3, 0.4) is 0 Å². The molecule has 2 fully saturated rings. The van der Waals surface area contributed by atoms with Gasteiger partial charge in [-0.25, -0.2) is 0 Å². The van der Waals surface area contributed by atoms with Crippen molar-refractivity contribution < 1.29 is 0 Å². The van der Waals surface area contributed by atoms with Crippen LogP contribution in [0.1, 0.15) is 52.4 Å². The van der Waals surface area contributed by atoms with E-state index >= 15 is 0 Å². The predicted molar refractivity (Wildman–Crippen MR) is 77.1 cm³/mol. The second-order valence-electron chi connectivity index (χ2n) is 6.14. The van der Waals surface area contributed by atoms with E-state index in [9.17, 15) is 0 Å². The number of nitrogens with zero attached hydrogens (tertiary/aromatic N) is 1. The summed E-state index contributed by atoms with van der Waals surface area (Å²) in [5.74, 6) is 1.56. The lowest BCUT2D eigenvalue weighted by Crippen LogP contribution is -2.50. The van der Waals surface area contributed by atoms with Gasteiger partial charge in [0, 0.05) is 19.1 Å². The Kier molecular flexibility index (Phi) is 4.66. The zero-order chi connectivity index (χ0) is 12.3. The minimum atomic E-state index is 0.642. The molecule has 2 rings (SSSR count). The van der Waals surface area contributed by atoms with Crippen LogP contribution in [0.5, 0.6) is 0 Å². The topological polar surface area (TPSA) is 15.3 Å². The maximum atomic E-state index is 5.58. The highest BCUT2D eigenvalue weighted by molar-refractivity contribution is 7.80. The van der Waals surface area contributed by atoms with Gasteiger partial charge in [-0.05, 0) is 43.3 Å². The molecule has 2 atom stereocenters. The first-order valence-electron chi connectivity index (χ1n) is 7.20. The van der Waals surface area contributed by atoms with E-state index in [0.717, 1.165) is 30.0 Å². The van der Waals surface area contributed by atoms with Crippen molar-refractivity contribution in [3.05, 3.63) is 0 Å². The summed E-state index contributed by atoms with van der Waals surface area (Å²) in [4.78, 5) is 2.39. The molecule has 2 aliphatic rings. The Balaban J connectivity index is 1.81. The third-order valence-corrected chi connectivity index (χ3v) is 4.46. The van der Waals surface area contributed by atoms with Crippen molar-refractivity contribution >= 4 is 17.3 Å². The highest BCUT2D eigenvalue weighted by Gasteiger charge is 2.24. The van der Waals surface area contributed by atoms with Crippen molar-refractivity contribution in [2.45, 2.75) is 58.4 Å². The highest BCUT2D eigenvalue weighted by atomic mass is 32.1. The molecule has 1 saturated heterocycles. The average Bonchev–Trinajstić information content (AvgIpc) is 2.29. The normalized spacial score (nSPS) is 31.3. The fourth-order valence-corrected chi connectivity index (χ4v) is 3.66. The molecule has 1 aliphatic carbocycles. The van der Waals surface area contributed by atoms with Gasteiger partial charge in [0.15, 0.2) is 5.11 Å². The van der Waals surface area contributed by atoms with Gasteiger partial charge in [0.1, 0.15) is 0 Å². The van der Waals surface area contributed by atoms with Gasteiger partial charge in [0.05, 0.1) is 0 Å². The molecule has 0 spiro atoms. The van der Waals surface area contributed by atoms with Crippen molar-refractivity contribution in [1.29, 1.82) is 0 Å². The van der Waals surface area contributed by atoms with Gasteiger partial charge in [-0.15, -0.1) is 0 Å². The molecule has 2 nitrogen and oxygen atoms in total. The molecule has 0 unspecified atom stereocenters. The molecule has 1 saturated carbocycles. The van der Waals surface area contributed by atoms with E-state index in [1.54, 1.807) is 0 Å². The van der Waals surface area contributed by atoms with E-state index in [4.69, 9.17) is 12.2 Å². The summed E-state index contributed by atoms with van der Waals surface area (Å²) < 4.78 is 0. The highest BCUT2D eigenvalue weighted by Crippen LogP contribution is 2.22. The van der Waals surface area contributed by atoms with Gasteiger partial charge in [-0.2, -0.15) is 0 Å². The summed E-state index contributed by atoms with van der Waals surface area (Å²) >= 11 is 5.58. The van der Waals surface area contributed by atoms with E-state index in [1.165, 1.54) is 38.5 Å². The minimum absolute atomic E-state index is 0.642. The third-order valence-electron chi connectivity index (χ3n) is 4.09. The molecule has 17 heavy (non-hydrogen) atoms. The Hall–Kier alpha value is -0.310. The van der Waals surface area contributed by atoms with Gasteiger partial charge in [-0.1, -0.05) is 33.1 Å². The van der Waals surface area contributed by atoms with Crippen LogP contribution in [0.4, 0.5) is 0 Å². The molecule has 3 heteroatoms. The number of thiocarbonyl (C=S) groups is 1. The van der Waals surface area contributed by atoms with Crippen LogP contribution in [-0.2, 0) is 0 Å². The Morgan fingerprint density at radius 1 is 1.06 bits per heavy atom. The maximum Gasteiger partial charge on any atom is 0.169 e. The van der Waals surface area contributed by atoms with Crippen molar-refractivity contribution in [2.75, 3.05) is 13.1 Å². The van der Waals surface area contributed by atoms with E-state index in [0.29, 0.717) is 6.04 Å². The first kappa shape index (κ1) is 13.1. The minimum Gasteiger partial charge on any atom is -0.360 e. The standard InChI is InChI=1S/C14H26N2S/c1-11-8-12(2)10-16(9-11)14(17)15-13-6-4-3-5-7-13/h11-13H,3-10H2,1-2H3,(H,15,17)/t11-,12-/m0/s1. The second kappa shape index (κ2) is 6.03. The van der Waals surface area contributed by atoms with Crippen LogP contribution >= 0.6 is 12.2 Å². The SMILES string of the molecule is C[C@H]1C[C@H](C)CN(C(=S)NC2CCCCC2)C1. The second-order valence-corrected chi connectivity index (χ2v) is 6.52. The van der Waals surface area contributed by atoms with E-state index in [2.05, 4.69) is 24.1 Å². The van der Waals surface area contributed by atoms with Gasteiger partial charge in [0.25, 0.3) is 0 Å². The van der Waals surface area contributed by atoms with Gasteiger partial charge in [0.2, 0.25) is 0 Å². The molecule has 1 heterocycles. The zero-order valence-electron chi connectivity index (χ0n) is 11.2. The lowest BCUT2D eigenvalue weighted by molar-refractivity contribution is 0.209. The number of hydrogen-bond donors (Lipinski definition) is 1. The van der Waals surface area contributed by atoms with E-state index in [-0.39, 0.29) is 0 Å². The van der Waals surface area contributed by atoms with Crippen LogP contribution in [0.2, 0.25) is 0 Å². The summed E-state index contributed by atoms with van der Waals surface area (Å²) in [6.07, 6.45) is 8.10. The molecule has 1 aliphatic heterocycles. The molecular formula is C14H26N2S. The summed E-state index contributed by atoms with van der Waals surface area (Å²) in [7, 11) is 0. The number of likely N-dealkylation sites (tertiary alicyclic amines) is 1. The number of nitrogens with one attached hydrogen (secondary N) is 1. The zero-order valence-corrected chi connectivity index (χ0v) is 12.1. The van der Waals surface area contributed by atoms with Gasteiger partial charge >= 0.3 is 0 Å². The lowest BCUT2D eigenvalue weighted by Gasteiger charge is -2.38. The largest absolute Gasteiger partial charge is 0.360 e. The molecule has 0 radical (unpaired) electrons. The molecular weight excluding hydrogens is 228 g/mol. The maximum absolute atomic E-state index is 5.58. The molecule has 0 amide bonds. The van der Waals surface area contributed by atoms with Crippen molar-refractivity contribution in [3.8, 4) is 0 Å². The van der Waals surface area contributed by atoms with Gasteiger partial charge < -0.3 is 10.2 Å². The third kappa shape index (κ3) is 3.84. The molecule has 0 bridgehead atoms. The predicted octanol–water partition coefficient (Wildman–Crippen LogP) is 3.17. The molecule has 0 aromatic heterocycles. The first-order valence-corrected chi connectivity index (χ1v) is 7.61. The lowest BCUT2D eigenvalue weighted by atomic mass is 9.92. The summed E-state index contributed by atoms with van der Waals surface area (Å²) in [6.45, 7) is 6.96. The Labute approximate surface area is 111 Å². The monoisotopic (exact) mass is 254 g/mol. The first-order chi connectivity index (χ1) is 8.15.